The van der Waals surface area contributed by atoms with Gasteiger partial charge in [0.05, 0.1) is 23.2 Å². The number of amides is 1. The number of sulfone groups is 1. The Balaban J connectivity index is 1.82. The Labute approximate surface area is 114 Å². The molecular formula is C13H22N2O3S. The molecule has 3 aliphatic rings. The van der Waals surface area contributed by atoms with Crippen LogP contribution in [0.4, 0.5) is 0 Å². The van der Waals surface area contributed by atoms with Gasteiger partial charge in [0.2, 0.25) is 5.91 Å². The van der Waals surface area contributed by atoms with Crippen LogP contribution in [-0.2, 0) is 14.6 Å². The highest BCUT2D eigenvalue weighted by Gasteiger charge is 2.60. The summed E-state index contributed by atoms with van der Waals surface area (Å²) in [7, 11) is -2.97. The molecule has 2 atom stereocenters. The van der Waals surface area contributed by atoms with E-state index in [1.807, 2.05) is 4.90 Å². The molecule has 1 spiro atoms. The lowest BCUT2D eigenvalue weighted by molar-refractivity contribution is -0.132. The molecule has 2 aliphatic heterocycles. The smallest absolute Gasteiger partial charge is 0.244 e. The normalized spacial score (nSPS) is 35.8. The molecule has 2 heterocycles. The summed E-state index contributed by atoms with van der Waals surface area (Å²) in [5.74, 6) is 0.576. The zero-order valence-corrected chi connectivity index (χ0v) is 12.2. The van der Waals surface area contributed by atoms with E-state index in [0.29, 0.717) is 6.42 Å². The van der Waals surface area contributed by atoms with E-state index in [1.54, 1.807) is 0 Å². The minimum Gasteiger partial charge on any atom is -0.322 e. The molecule has 3 rings (SSSR count). The van der Waals surface area contributed by atoms with Crippen molar-refractivity contribution in [2.45, 2.75) is 63.2 Å². The molecule has 2 unspecified atom stereocenters. The molecule has 1 N–H and O–H groups in total. The van der Waals surface area contributed by atoms with Crippen molar-refractivity contribution in [1.82, 2.24) is 10.2 Å². The van der Waals surface area contributed by atoms with Gasteiger partial charge in [0.15, 0.2) is 9.84 Å². The number of nitrogens with zero attached hydrogens (tertiary/aromatic N) is 1. The summed E-state index contributed by atoms with van der Waals surface area (Å²) < 4.78 is 23.6. The van der Waals surface area contributed by atoms with Crippen molar-refractivity contribution >= 4 is 15.7 Å². The maximum absolute atomic E-state index is 12.6. The third-order valence-electron chi connectivity index (χ3n) is 4.57. The third kappa shape index (κ3) is 2.29. The van der Waals surface area contributed by atoms with Crippen molar-refractivity contribution in [3.05, 3.63) is 0 Å². The molecule has 1 amide bonds. The van der Waals surface area contributed by atoms with Crippen LogP contribution in [0.15, 0.2) is 0 Å². The molecule has 1 aliphatic carbocycles. The van der Waals surface area contributed by atoms with Crippen molar-refractivity contribution in [2.75, 3.05) is 11.5 Å². The number of carbonyl (C=O) groups excluding carboxylic acids is 1. The average Bonchev–Trinajstić information content (AvgIpc) is 3.03. The van der Waals surface area contributed by atoms with Crippen molar-refractivity contribution in [2.24, 2.45) is 0 Å². The Morgan fingerprint density at radius 3 is 2.74 bits per heavy atom. The van der Waals surface area contributed by atoms with Gasteiger partial charge >= 0.3 is 0 Å². The van der Waals surface area contributed by atoms with Gasteiger partial charge in [-0.2, -0.15) is 0 Å². The maximum atomic E-state index is 12.6. The van der Waals surface area contributed by atoms with Gasteiger partial charge < -0.3 is 4.90 Å². The van der Waals surface area contributed by atoms with Crippen LogP contribution in [0.1, 0.15) is 45.4 Å². The van der Waals surface area contributed by atoms with Gasteiger partial charge in [-0.1, -0.05) is 13.3 Å². The number of nitrogens with one attached hydrogen (secondary N) is 1. The molecule has 2 saturated heterocycles. The highest BCUT2D eigenvalue weighted by molar-refractivity contribution is 7.91. The fraction of sp³-hybridized carbons (Fsp3) is 0.923. The van der Waals surface area contributed by atoms with Crippen LogP contribution in [0, 0.1) is 0 Å². The minimum absolute atomic E-state index is 0.0401. The average molecular weight is 286 g/mol. The zero-order chi connectivity index (χ0) is 13.7. The Hall–Kier alpha value is -0.620. The lowest BCUT2D eigenvalue weighted by Crippen LogP contribution is -2.49. The SMILES string of the molecule is CCCC1NC2(CC2)C(=O)N1C1CCCS(=O)(=O)C1. The highest BCUT2D eigenvalue weighted by atomic mass is 32.2. The molecule has 0 bridgehead atoms. The molecular weight excluding hydrogens is 264 g/mol. The zero-order valence-electron chi connectivity index (χ0n) is 11.4. The first-order chi connectivity index (χ1) is 8.97. The van der Waals surface area contributed by atoms with Crippen LogP contribution >= 0.6 is 0 Å². The van der Waals surface area contributed by atoms with Crippen molar-refractivity contribution in [1.29, 1.82) is 0 Å². The Morgan fingerprint density at radius 1 is 1.42 bits per heavy atom. The first kappa shape index (κ1) is 13.4. The molecule has 108 valence electrons. The molecule has 5 nitrogen and oxygen atoms in total. The fourth-order valence-electron chi connectivity index (χ4n) is 3.45. The summed E-state index contributed by atoms with van der Waals surface area (Å²) in [6.07, 6.45) is 5.26. The van der Waals surface area contributed by atoms with Gasteiger partial charge in [-0.15, -0.1) is 0 Å². The Morgan fingerprint density at radius 2 is 2.16 bits per heavy atom. The third-order valence-corrected chi connectivity index (χ3v) is 6.37. The second-order valence-corrected chi connectivity index (χ2v) is 8.38. The van der Waals surface area contributed by atoms with E-state index in [4.69, 9.17) is 0 Å². The van der Waals surface area contributed by atoms with Gasteiger partial charge in [-0.3, -0.25) is 10.1 Å². The van der Waals surface area contributed by atoms with Gasteiger partial charge in [0.25, 0.3) is 0 Å². The van der Waals surface area contributed by atoms with E-state index in [9.17, 15) is 13.2 Å². The standard InChI is InChI=1S/C13H22N2O3S/c1-2-4-11-14-13(6-7-13)12(16)15(11)10-5-3-8-19(17,18)9-10/h10-11,14H,2-9H2,1H3. The van der Waals surface area contributed by atoms with Gasteiger partial charge in [0, 0.05) is 6.04 Å². The van der Waals surface area contributed by atoms with Crippen molar-refractivity contribution in [3.63, 3.8) is 0 Å². The summed E-state index contributed by atoms with van der Waals surface area (Å²) in [6, 6.07) is -0.115. The molecule has 0 radical (unpaired) electrons. The van der Waals surface area contributed by atoms with E-state index in [2.05, 4.69) is 12.2 Å². The van der Waals surface area contributed by atoms with Gasteiger partial charge in [0.1, 0.15) is 0 Å². The molecule has 6 heteroatoms. The predicted octanol–water partition coefficient (Wildman–Crippen LogP) is 0.654. The summed E-state index contributed by atoms with van der Waals surface area (Å²) in [6.45, 7) is 2.10. The van der Waals surface area contributed by atoms with Crippen LogP contribution in [0.25, 0.3) is 0 Å². The summed E-state index contributed by atoms with van der Waals surface area (Å²) in [5, 5.41) is 3.45. The van der Waals surface area contributed by atoms with Crippen molar-refractivity contribution in [3.8, 4) is 0 Å². The van der Waals surface area contributed by atoms with Crippen molar-refractivity contribution < 1.29 is 13.2 Å². The molecule has 3 fully saturated rings. The predicted molar refractivity (Wildman–Crippen MR) is 72.3 cm³/mol. The molecule has 1 saturated carbocycles. The largest absolute Gasteiger partial charge is 0.322 e. The maximum Gasteiger partial charge on any atom is 0.244 e. The second-order valence-electron chi connectivity index (χ2n) is 6.15. The summed E-state index contributed by atoms with van der Waals surface area (Å²) in [4.78, 5) is 14.4. The quantitative estimate of drug-likeness (QED) is 0.827. The van der Waals surface area contributed by atoms with Crippen LogP contribution in [-0.4, -0.2) is 48.5 Å². The van der Waals surface area contributed by atoms with Gasteiger partial charge in [-0.05, 0) is 32.1 Å². The van der Waals surface area contributed by atoms with E-state index in [1.165, 1.54) is 0 Å². The number of carbonyl (C=O) groups is 1. The number of hydrogen-bond acceptors (Lipinski definition) is 4. The molecule has 0 aromatic rings. The summed E-state index contributed by atoms with van der Waals surface area (Å²) >= 11 is 0. The first-order valence-corrected chi connectivity index (χ1v) is 9.10. The molecule has 0 aromatic carbocycles. The molecule has 0 aromatic heterocycles. The lowest BCUT2D eigenvalue weighted by atomic mass is 10.1. The fourth-order valence-corrected chi connectivity index (χ4v) is 5.13. The van der Waals surface area contributed by atoms with Crippen LogP contribution in [0.5, 0.6) is 0 Å². The number of rotatable bonds is 3. The van der Waals surface area contributed by atoms with Crippen LogP contribution < -0.4 is 5.32 Å². The lowest BCUT2D eigenvalue weighted by Gasteiger charge is -2.34. The first-order valence-electron chi connectivity index (χ1n) is 7.28. The highest BCUT2D eigenvalue weighted by Crippen LogP contribution is 2.44. The Bertz CT molecular complexity index is 484. The van der Waals surface area contributed by atoms with Gasteiger partial charge in [-0.25, -0.2) is 8.42 Å². The Kier molecular flexibility index (Phi) is 3.13. The minimum atomic E-state index is -2.97. The molecule has 19 heavy (non-hydrogen) atoms. The van der Waals surface area contributed by atoms with E-state index >= 15 is 0 Å². The van der Waals surface area contributed by atoms with Crippen LogP contribution in [0.3, 0.4) is 0 Å². The van der Waals surface area contributed by atoms with Crippen LogP contribution in [0.2, 0.25) is 0 Å². The summed E-state index contributed by atoms with van der Waals surface area (Å²) in [5.41, 5.74) is -0.332. The number of hydrogen-bond donors (Lipinski definition) is 1. The monoisotopic (exact) mass is 286 g/mol. The van der Waals surface area contributed by atoms with E-state index < -0.39 is 9.84 Å². The van der Waals surface area contributed by atoms with E-state index in [0.717, 1.165) is 32.1 Å². The van der Waals surface area contributed by atoms with E-state index in [-0.39, 0.29) is 35.2 Å². The second kappa shape index (κ2) is 4.45. The topological polar surface area (TPSA) is 66.5 Å².